The van der Waals surface area contributed by atoms with E-state index in [0.29, 0.717) is 26.2 Å². The summed E-state index contributed by atoms with van der Waals surface area (Å²) in [7, 11) is -3.34. The van der Waals surface area contributed by atoms with E-state index in [2.05, 4.69) is 5.32 Å². The minimum atomic E-state index is -3.34. The molecule has 2 aliphatic rings. The summed E-state index contributed by atoms with van der Waals surface area (Å²) in [5.41, 5.74) is -0.418. The highest BCUT2D eigenvalue weighted by Crippen LogP contribution is 2.24. The summed E-state index contributed by atoms with van der Waals surface area (Å²) in [6, 6.07) is 0. The second-order valence-electron chi connectivity index (χ2n) is 5.64. The molecule has 0 aliphatic carbocycles. The van der Waals surface area contributed by atoms with E-state index in [-0.39, 0.29) is 6.10 Å². The summed E-state index contributed by atoms with van der Waals surface area (Å²) in [4.78, 5) is 0. The van der Waals surface area contributed by atoms with Gasteiger partial charge in [-0.2, -0.15) is 17.0 Å². The van der Waals surface area contributed by atoms with Gasteiger partial charge in [-0.1, -0.05) is 0 Å². The fraction of sp³-hybridized carbons (Fsp3) is 1.00. The van der Waals surface area contributed by atoms with E-state index in [1.54, 1.807) is 8.61 Å². The van der Waals surface area contributed by atoms with Gasteiger partial charge in [-0.25, -0.2) is 0 Å². The van der Waals surface area contributed by atoms with Crippen molar-refractivity contribution in [3.05, 3.63) is 0 Å². The van der Waals surface area contributed by atoms with Crippen LogP contribution in [0.3, 0.4) is 0 Å². The molecule has 0 aromatic carbocycles. The molecule has 0 aromatic heterocycles. The lowest BCUT2D eigenvalue weighted by Crippen LogP contribution is -2.59. The second kappa shape index (κ2) is 5.05. The zero-order valence-electron chi connectivity index (χ0n) is 11.3. The normalized spacial score (nSPS) is 31.4. The number of rotatable bonds is 2. The van der Waals surface area contributed by atoms with Crippen molar-refractivity contribution >= 4 is 10.2 Å². The molecule has 7 heteroatoms. The number of nitrogens with zero attached hydrogens (tertiary/aromatic N) is 2. The van der Waals surface area contributed by atoms with Gasteiger partial charge < -0.3 is 10.1 Å². The number of hydrogen-bond donors (Lipinski definition) is 1. The molecule has 0 amide bonds. The molecule has 2 aliphatic heterocycles. The summed E-state index contributed by atoms with van der Waals surface area (Å²) < 4.78 is 34.0. The van der Waals surface area contributed by atoms with Crippen LogP contribution >= 0.6 is 0 Å². The number of nitrogens with one attached hydrogen (secondary N) is 1. The van der Waals surface area contributed by atoms with Crippen molar-refractivity contribution in [2.45, 2.75) is 32.5 Å². The summed E-state index contributed by atoms with van der Waals surface area (Å²) >= 11 is 0. The predicted molar refractivity (Wildman–Crippen MR) is 69.6 cm³/mol. The summed E-state index contributed by atoms with van der Waals surface area (Å²) in [6.07, 6.45) is -0.0635. The third-order valence-corrected chi connectivity index (χ3v) is 5.22. The summed E-state index contributed by atoms with van der Waals surface area (Å²) in [5.74, 6) is 0. The topological polar surface area (TPSA) is 61.9 Å². The maximum absolute atomic E-state index is 12.5. The SMILES string of the molecule is CC1CN(S(=O)(=O)N2CCNCC2)CC(C)(C)O1. The molecule has 1 atom stereocenters. The third-order valence-electron chi connectivity index (χ3n) is 3.27. The van der Waals surface area contributed by atoms with Crippen molar-refractivity contribution in [2.24, 2.45) is 0 Å². The van der Waals surface area contributed by atoms with E-state index in [1.807, 2.05) is 20.8 Å². The maximum Gasteiger partial charge on any atom is 0.282 e. The molecule has 0 bridgehead atoms. The molecule has 1 unspecified atom stereocenters. The Morgan fingerprint density at radius 3 is 2.39 bits per heavy atom. The molecule has 1 N–H and O–H groups in total. The highest BCUT2D eigenvalue weighted by Gasteiger charge is 2.39. The molecule has 18 heavy (non-hydrogen) atoms. The Balaban J connectivity index is 2.13. The van der Waals surface area contributed by atoms with Crippen LogP contribution in [-0.2, 0) is 14.9 Å². The van der Waals surface area contributed by atoms with Gasteiger partial charge in [0.15, 0.2) is 0 Å². The molecular weight excluding hydrogens is 254 g/mol. The van der Waals surface area contributed by atoms with E-state index >= 15 is 0 Å². The molecule has 106 valence electrons. The molecule has 0 spiro atoms. The molecule has 6 nitrogen and oxygen atoms in total. The molecule has 2 rings (SSSR count). The first-order valence-electron chi connectivity index (χ1n) is 6.45. The van der Waals surface area contributed by atoms with Crippen LogP contribution in [-0.4, -0.2) is 68.0 Å². The predicted octanol–water partition coefficient (Wildman–Crippen LogP) is -0.364. The van der Waals surface area contributed by atoms with Gasteiger partial charge in [0.2, 0.25) is 0 Å². The fourth-order valence-corrected chi connectivity index (χ4v) is 4.45. The van der Waals surface area contributed by atoms with E-state index in [9.17, 15) is 8.42 Å². The highest BCUT2D eigenvalue weighted by atomic mass is 32.2. The molecule has 0 saturated carbocycles. The largest absolute Gasteiger partial charge is 0.370 e. The van der Waals surface area contributed by atoms with E-state index in [4.69, 9.17) is 4.74 Å². The van der Waals surface area contributed by atoms with Gasteiger partial charge in [0.25, 0.3) is 10.2 Å². The average molecular weight is 277 g/mol. The van der Waals surface area contributed by atoms with Crippen molar-refractivity contribution in [2.75, 3.05) is 39.3 Å². The van der Waals surface area contributed by atoms with E-state index in [0.717, 1.165) is 13.1 Å². The quantitative estimate of drug-likeness (QED) is 0.748. The number of ether oxygens (including phenoxy) is 1. The molecule has 2 heterocycles. The smallest absolute Gasteiger partial charge is 0.282 e. The minimum Gasteiger partial charge on any atom is -0.370 e. The second-order valence-corrected chi connectivity index (χ2v) is 7.57. The monoisotopic (exact) mass is 277 g/mol. The maximum atomic E-state index is 12.5. The van der Waals surface area contributed by atoms with Crippen LogP contribution in [0.15, 0.2) is 0 Å². The van der Waals surface area contributed by atoms with Crippen molar-refractivity contribution < 1.29 is 13.2 Å². The number of morpholine rings is 1. The van der Waals surface area contributed by atoms with Crippen LogP contribution in [0.2, 0.25) is 0 Å². The molecular formula is C11H23N3O3S. The Kier molecular flexibility index (Phi) is 3.99. The molecule has 2 fully saturated rings. The number of piperazine rings is 1. The Morgan fingerprint density at radius 2 is 1.83 bits per heavy atom. The van der Waals surface area contributed by atoms with Gasteiger partial charge >= 0.3 is 0 Å². The van der Waals surface area contributed by atoms with Gasteiger partial charge in [-0.05, 0) is 20.8 Å². The highest BCUT2D eigenvalue weighted by molar-refractivity contribution is 7.86. The van der Waals surface area contributed by atoms with Gasteiger partial charge in [0.1, 0.15) is 0 Å². The average Bonchev–Trinajstić information content (AvgIpc) is 2.27. The van der Waals surface area contributed by atoms with Gasteiger partial charge in [0, 0.05) is 39.3 Å². The lowest BCUT2D eigenvalue weighted by molar-refractivity contribution is -0.110. The van der Waals surface area contributed by atoms with Gasteiger partial charge in [-0.15, -0.1) is 0 Å². The van der Waals surface area contributed by atoms with E-state index in [1.165, 1.54) is 0 Å². The zero-order valence-corrected chi connectivity index (χ0v) is 12.2. The lowest BCUT2D eigenvalue weighted by atomic mass is 10.1. The van der Waals surface area contributed by atoms with Gasteiger partial charge in [-0.3, -0.25) is 0 Å². The van der Waals surface area contributed by atoms with E-state index < -0.39 is 15.8 Å². The number of hydrogen-bond acceptors (Lipinski definition) is 4. The summed E-state index contributed by atoms with van der Waals surface area (Å²) in [6.45, 7) is 9.19. The fourth-order valence-electron chi connectivity index (χ4n) is 2.61. The minimum absolute atomic E-state index is 0.0635. The third kappa shape index (κ3) is 3.03. The van der Waals surface area contributed by atoms with Crippen LogP contribution in [0.25, 0.3) is 0 Å². The standard InChI is InChI=1S/C11H23N3O3S/c1-10-8-14(9-11(2,3)17-10)18(15,16)13-6-4-12-5-7-13/h10,12H,4-9H2,1-3H3. The Hall–Kier alpha value is -0.210. The van der Waals surface area contributed by atoms with Crippen LogP contribution in [0, 0.1) is 0 Å². The molecule has 0 radical (unpaired) electrons. The van der Waals surface area contributed by atoms with Crippen LogP contribution in [0.5, 0.6) is 0 Å². The lowest BCUT2D eigenvalue weighted by Gasteiger charge is -2.43. The first-order chi connectivity index (χ1) is 8.31. The Labute approximate surface area is 109 Å². The first-order valence-corrected chi connectivity index (χ1v) is 7.85. The zero-order chi connectivity index (χ0) is 13.4. The van der Waals surface area contributed by atoms with Crippen molar-refractivity contribution in [3.63, 3.8) is 0 Å². The van der Waals surface area contributed by atoms with Gasteiger partial charge in [0.05, 0.1) is 11.7 Å². The molecule has 2 saturated heterocycles. The van der Waals surface area contributed by atoms with Crippen LogP contribution < -0.4 is 5.32 Å². The van der Waals surface area contributed by atoms with Crippen molar-refractivity contribution in [1.82, 2.24) is 13.9 Å². The van der Waals surface area contributed by atoms with Crippen molar-refractivity contribution in [1.29, 1.82) is 0 Å². The first kappa shape index (κ1) is 14.2. The van der Waals surface area contributed by atoms with Crippen molar-refractivity contribution in [3.8, 4) is 0 Å². The Morgan fingerprint density at radius 1 is 1.22 bits per heavy atom. The van der Waals surface area contributed by atoms with Crippen LogP contribution in [0.1, 0.15) is 20.8 Å². The summed E-state index contributed by atoms with van der Waals surface area (Å²) in [5, 5.41) is 3.17. The Bertz CT molecular complexity index is 390. The molecule has 0 aromatic rings. The van der Waals surface area contributed by atoms with Crippen LogP contribution in [0.4, 0.5) is 0 Å².